The number of rotatable bonds is 5. The molecule has 0 N–H and O–H groups in total. The molecule has 0 spiro atoms. The molecule has 0 radical (unpaired) electrons. The second-order valence-electron chi connectivity index (χ2n) is 4.35. The average Bonchev–Trinajstić information content (AvgIpc) is 3.14. The van der Waals surface area contributed by atoms with Gasteiger partial charge in [-0.3, -0.25) is 0 Å². The molecule has 0 aliphatic heterocycles. The van der Waals surface area contributed by atoms with Crippen LogP contribution < -0.4 is 12.4 Å². The Bertz CT molecular complexity index is 496. The van der Waals surface area contributed by atoms with Crippen LogP contribution in [0.3, 0.4) is 0 Å². The summed E-state index contributed by atoms with van der Waals surface area (Å²) in [6.45, 7) is 0.594. The maximum atomic E-state index is 6.21. The van der Waals surface area contributed by atoms with Gasteiger partial charge in [-0.2, -0.15) is 0 Å². The molecule has 0 amide bonds. The minimum absolute atomic E-state index is 0. The van der Waals surface area contributed by atoms with Gasteiger partial charge in [0.1, 0.15) is 0 Å². The predicted molar refractivity (Wildman–Crippen MR) is 67.2 cm³/mol. The molecular formula is C15H15ClO2Ti. The van der Waals surface area contributed by atoms with Gasteiger partial charge in [0.15, 0.2) is 0 Å². The predicted octanol–water partition coefficient (Wildman–Crippen LogP) is 1.02. The third-order valence-electron chi connectivity index (χ3n) is 3.06. The van der Waals surface area contributed by atoms with Crippen molar-refractivity contribution in [1.82, 2.24) is 0 Å². The monoisotopic (exact) mass is 310 g/mol. The van der Waals surface area contributed by atoms with Gasteiger partial charge in [0.2, 0.25) is 0 Å². The van der Waals surface area contributed by atoms with E-state index in [1.807, 2.05) is 12.1 Å². The molecule has 19 heavy (non-hydrogen) atoms. The minimum atomic E-state index is -1.75. The molecule has 4 heteroatoms. The van der Waals surface area contributed by atoms with Crippen molar-refractivity contribution in [1.29, 1.82) is 0 Å². The van der Waals surface area contributed by atoms with E-state index < -0.39 is 18.3 Å². The van der Waals surface area contributed by atoms with Gasteiger partial charge in [0.05, 0.1) is 0 Å². The molecule has 0 unspecified atom stereocenters. The van der Waals surface area contributed by atoms with Crippen molar-refractivity contribution < 1.29 is 38.4 Å². The molecule has 3 rings (SSSR count). The number of hydrogen-bond donors (Lipinski definition) is 0. The molecule has 0 fully saturated rings. The Morgan fingerprint density at radius 2 is 1.79 bits per heavy atom. The first kappa shape index (κ1) is 14.6. The van der Waals surface area contributed by atoms with Gasteiger partial charge < -0.3 is 12.4 Å². The standard InChI is InChI=1S/C5H5O2.2C5H5.ClH.Ti/c6-4-5-2-1-3-7-5;2*1-2-4-5-3-1;;/h1-3H,4H2;2*1-3H,4H2;1H;/q-1;;;;+2/p-1. The molecular weight excluding hydrogens is 295 g/mol. The SMILES string of the molecule is C1=CC[C]([Ti+]([O]Cc2ccco2)[C]2=CC=CC2)=C1.[Cl-]. The van der Waals surface area contributed by atoms with Crippen LogP contribution in [0.4, 0.5) is 0 Å². The minimum Gasteiger partial charge on any atom is -1.00 e. The summed E-state index contributed by atoms with van der Waals surface area (Å²) in [6, 6.07) is 3.88. The molecule has 2 aliphatic rings. The van der Waals surface area contributed by atoms with Crippen molar-refractivity contribution >= 4 is 0 Å². The molecule has 1 aromatic rings. The maximum absolute atomic E-state index is 6.21. The first-order valence-electron chi connectivity index (χ1n) is 6.18. The van der Waals surface area contributed by atoms with Crippen molar-refractivity contribution in [2.24, 2.45) is 0 Å². The first-order chi connectivity index (χ1) is 8.93. The normalized spacial score (nSPS) is 16.2. The summed E-state index contributed by atoms with van der Waals surface area (Å²) in [5.41, 5.74) is 0. The Balaban J connectivity index is 0.00000133. The van der Waals surface area contributed by atoms with E-state index in [0.29, 0.717) is 6.61 Å². The Labute approximate surface area is 126 Å². The fourth-order valence-corrected chi connectivity index (χ4v) is 5.55. The molecule has 98 valence electrons. The van der Waals surface area contributed by atoms with E-state index in [0.717, 1.165) is 18.6 Å². The Morgan fingerprint density at radius 1 is 1.11 bits per heavy atom. The smallest absolute Gasteiger partial charge is 1.00 e. The van der Waals surface area contributed by atoms with E-state index in [4.69, 9.17) is 7.74 Å². The van der Waals surface area contributed by atoms with E-state index >= 15 is 0 Å². The zero-order valence-corrected chi connectivity index (χ0v) is 12.8. The van der Waals surface area contributed by atoms with Gasteiger partial charge in [-0.1, -0.05) is 0 Å². The first-order valence-corrected chi connectivity index (χ1v) is 8.37. The quantitative estimate of drug-likeness (QED) is 0.758. The topological polar surface area (TPSA) is 22.4 Å². The summed E-state index contributed by atoms with van der Waals surface area (Å²) in [4.78, 5) is 0. The zero-order chi connectivity index (χ0) is 12.2. The van der Waals surface area contributed by atoms with Crippen molar-refractivity contribution in [3.05, 3.63) is 68.4 Å². The molecule has 1 aromatic heterocycles. The van der Waals surface area contributed by atoms with Crippen molar-refractivity contribution in [3.8, 4) is 0 Å². The molecule has 2 aliphatic carbocycles. The average molecular weight is 311 g/mol. The molecule has 0 saturated heterocycles. The fourth-order valence-electron chi connectivity index (χ4n) is 2.16. The summed E-state index contributed by atoms with van der Waals surface area (Å²) in [6.07, 6.45) is 17.0. The summed E-state index contributed by atoms with van der Waals surface area (Å²) < 4.78 is 14.5. The molecule has 0 aromatic carbocycles. The third-order valence-corrected chi connectivity index (χ3v) is 6.72. The Morgan fingerprint density at radius 3 is 2.26 bits per heavy atom. The maximum Gasteiger partial charge on any atom is -1.00 e. The van der Waals surface area contributed by atoms with Gasteiger partial charge >= 0.3 is 114 Å². The second kappa shape index (κ2) is 7.11. The summed E-state index contributed by atoms with van der Waals surface area (Å²) >= 11 is -1.75. The molecule has 0 atom stereocenters. The van der Waals surface area contributed by atoms with Crippen LogP contribution in [0.1, 0.15) is 18.6 Å². The van der Waals surface area contributed by atoms with Crippen LogP contribution in [-0.2, 0) is 28.2 Å². The fraction of sp³-hybridized carbons (Fsp3) is 0.200. The van der Waals surface area contributed by atoms with Gasteiger partial charge in [-0.15, -0.1) is 0 Å². The van der Waals surface area contributed by atoms with Crippen LogP contribution >= 0.6 is 0 Å². The van der Waals surface area contributed by atoms with E-state index in [2.05, 4.69) is 36.5 Å². The van der Waals surface area contributed by atoms with Crippen LogP contribution in [0.25, 0.3) is 0 Å². The number of furan rings is 1. The van der Waals surface area contributed by atoms with E-state index in [9.17, 15) is 0 Å². The van der Waals surface area contributed by atoms with Crippen LogP contribution in [0.15, 0.2) is 67.0 Å². The molecule has 0 saturated carbocycles. The van der Waals surface area contributed by atoms with Crippen molar-refractivity contribution in [3.63, 3.8) is 0 Å². The van der Waals surface area contributed by atoms with Gasteiger partial charge in [-0.05, 0) is 0 Å². The zero-order valence-electron chi connectivity index (χ0n) is 10.5. The number of allylic oxidation sites excluding steroid dienone is 8. The van der Waals surface area contributed by atoms with E-state index in [-0.39, 0.29) is 12.4 Å². The number of hydrogen-bond acceptors (Lipinski definition) is 2. The van der Waals surface area contributed by atoms with Gasteiger partial charge in [0, 0.05) is 0 Å². The Kier molecular flexibility index (Phi) is 5.47. The molecule has 2 nitrogen and oxygen atoms in total. The van der Waals surface area contributed by atoms with Crippen molar-refractivity contribution in [2.75, 3.05) is 0 Å². The summed E-state index contributed by atoms with van der Waals surface area (Å²) in [7, 11) is 0. The van der Waals surface area contributed by atoms with Gasteiger partial charge in [-0.25, -0.2) is 0 Å². The summed E-state index contributed by atoms with van der Waals surface area (Å²) in [5, 5.41) is 0. The van der Waals surface area contributed by atoms with Crippen LogP contribution in [0, 0.1) is 0 Å². The molecule has 1 heterocycles. The van der Waals surface area contributed by atoms with Crippen LogP contribution in [0.2, 0.25) is 0 Å². The van der Waals surface area contributed by atoms with Crippen LogP contribution in [0.5, 0.6) is 0 Å². The Hall–Kier alpha value is -0.796. The third kappa shape index (κ3) is 3.61. The largest absolute Gasteiger partial charge is 1.00 e. The van der Waals surface area contributed by atoms with Crippen LogP contribution in [-0.4, -0.2) is 0 Å². The van der Waals surface area contributed by atoms with Crippen molar-refractivity contribution in [2.45, 2.75) is 19.4 Å². The van der Waals surface area contributed by atoms with E-state index in [1.165, 1.54) is 7.76 Å². The molecule has 0 bridgehead atoms. The number of halogens is 1. The van der Waals surface area contributed by atoms with Gasteiger partial charge in [0.25, 0.3) is 0 Å². The van der Waals surface area contributed by atoms with E-state index in [1.54, 1.807) is 6.26 Å². The second-order valence-corrected chi connectivity index (χ2v) is 7.83. The summed E-state index contributed by atoms with van der Waals surface area (Å²) in [5.74, 6) is 0.915.